The predicted molar refractivity (Wildman–Crippen MR) is 74.1 cm³/mol. The molecule has 0 aliphatic carbocycles. The molecule has 1 amide bonds. The monoisotopic (exact) mass is 277 g/mol. The minimum Gasteiger partial charge on any atom is -0.492 e. The van der Waals surface area contributed by atoms with Gasteiger partial charge in [0.2, 0.25) is 0 Å². The Balaban J connectivity index is 2.20. The zero-order chi connectivity index (χ0) is 14.9. The van der Waals surface area contributed by atoms with Crippen molar-refractivity contribution in [3.8, 4) is 5.75 Å². The van der Waals surface area contributed by atoms with Crippen LogP contribution >= 0.6 is 0 Å². The van der Waals surface area contributed by atoms with Crippen LogP contribution in [0.25, 0.3) is 0 Å². The molecular formula is C15H19NO4. The highest BCUT2D eigenvalue weighted by atomic mass is 16.5. The first-order chi connectivity index (χ1) is 9.31. The van der Waals surface area contributed by atoms with Crippen LogP contribution in [0.4, 0.5) is 0 Å². The van der Waals surface area contributed by atoms with Crippen LogP contribution in [-0.2, 0) is 10.2 Å². The number of carboxylic acid groups (broad SMARTS) is 1. The Labute approximate surface area is 117 Å². The molecule has 20 heavy (non-hydrogen) atoms. The number of hydrogen-bond donors (Lipinski definition) is 2. The van der Waals surface area contributed by atoms with Gasteiger partial charge in [-0.2, -0.15) is 0 Å². The third kappa shape index (κ3) is 2.76. The van der Waals surface area contributed by atoms with Crippen LogP contribution in [0.5, 0.6) is 5.75 Å². The highest BCUT2D eigenvalue weighted by Crippen LogP contribution is 2.40. The van der Waals surface area contributed by atoms with E-state index in [0.717, 1.165) is 5.56 Å². The molecule has 0 saturated carbocycles. The van der Waals surface area contributed by atoms with E-state index in [4.69, 9.17) is 9.84 Å². The second-order valence-corrected chi connectivity index (χ2v) is 5.83. The van der Waals surface area contributed by atoms with E-state index >= 15 is 0 Å². The number of rotatable bonds is 4. The van der Waals surface area contributed by atoms with Crippen LogP contribution in [0.1, 0.15) is 43.1 Å². The van der Waals surface area contributed by atoms with Gasteiger partial charge < -0.3 is 15.2 Å². The van der Waals surface area contributed by atoms with Gasteiger partial charge in [-0.3, -0.25) is 9.59 Å². The van der Waals surface area contributed by atoms with Crippen molar-refractivity contribution in [3.63, 3.8) is 0 Å². The summed E-state index contributed by atoms with van der Waals surface area (Å²) in [7, 11) is 0. The SMILES string of the molecule is CC(CC(=O)O)NC(=O)c1cccc2c1OCC2(C)C. The number of fused-ring (bicyclic) bond motifs is 1. The van der Waals surface area contributed by atoms with E-state index in [0.29, 0.717) is 17.9 Å². The van der Waals surface area contributed by atoms with Crippen molar-refractivity contribution in [2.24, 2.45) is 0 Å². The lowest BCUT2D eigenvalue weighted by atomic mass is 9.86. The summed E-state index contributed by atoms with van der Waals surface area (Å²) in [4.78, 5) is 22.8. The van der Waals surface area contributed by atoms with Crippen molar-refractivity contribution in [1.82, 2.24) is 5.32 Å². The molecule has 0 radical (unpaired) electrons. The predicted octanol–water partition coefficient (Wildman–Crippen LogP) is 1.95. The summed E-state index contributed by atoms with van der Waals surface area (Å²) in [6, 6.07) is 5.06. The third-order valence-electron chi connectivity index (χ3n) is 3.42. The van der Waals surface area contributed by atoms with Crippen molar-refractivity contribution in [2.75, 3.05) is 6.61 Å². The topological polar surface area (TPSA) is 75.6 Å². The normalized spacial score (nSPS) is 16.9. The first-order valence-electron chi connectivity index (χ1n) is 6.60. The number of carbonyl (C=O) groups excluding carboxylic acids is 1. The summed E-state index contributed by atoms with van der Waals surface area (Å²) in [6.45, 7) is 6.33. The number of nitrogens with one attached hydrogen (secondary N) is 1. The van der Waals surface area contributed by atoms with Crippen molar-refractivity contribution in [1.29, 1.82) is 0 Å². The fraction of sp³-hybridized carbons (Fsp3) is 0.467. The minimum atomic E-state index is -0.937. The largest absolute Gasteiger partial charge is 0.492 e. The number of amides is 1. The standard InChI is InChI=1S/C15H19NO4/c1-9(7-12(17)18)16-14(19)10-5-4-6-11-13(10)20-8-15(11,2)3/h4-6,9H,7-8H2,1-3H3,(H,16,19)(H,17,18). The smallest absolute Gasteiger partial charge is 0.305 e. The second-order valence-electron chi connectivity index (χ2n) is 5.83. The molecule has 5 nitrogen and oxygen atoms in total. The fourth-order valence-corrected chi connectivity index (χ4v) is 2.35. The van der Waals surface area contributed by atoms with Crippen LogP contribution in [0, 0.1) is 0 Å². The Morgan fingerprint density at radius 1 is 1.45 bits per heavy atom. The van der Waals surface area contributed by atoms with Crippen LogP contribution in [-0.4, -0.2) is 29.6 Å². The minimum absolute atomic E-state index is 0.104. The van der Waals surface area contributed by atoms with Gasteiger partial charge in [0.15, 0.2) is 0 Å². The van der Waals surface area contributed by atoms with Gasteiger partial charge in [0.05, 0.1) is 18.6 Å². The second kappa shape index (κ2) is 5.15. The van der Waals surface area contributed by atoms with Gasteiger partial charge in [0.25, 0.3) is 5.91 Å². The van der Waals surface area contributed by atoms with E-state index in [-0.39, 0.29) is 17.7 Å². The Bertz CT molecular complexity index is 551. The molecule has 2 rings (SSSR count). The maximum atomic E-state index is 12.2. The van der Waals surface area contributed by atoms with Crippen molar-refractivity contribution in [2.45, 2.75) is 38.6 Å². The molecule has 2 N–H and O–H groups in total. The molecule has 0 fully saturated rings. The Hall–Kier alpha value is -2.04. The summed E-state index contributed by atoms with van der Waals surface area (Å²) < 4.78 is 5.65. The molecule has 1 unspecified atom stereocenters. The Morgan fingerprint density at radius 3 is 2.80 bits per heavy atom. The summed E-state index contributed by atoms with van der Waals surface area (Å²) in [5, 5.41) is 11.4. The van der Waals surface area contributed by atoms with Crippen LogP contribution in [0.15, 0.2) is 18.2 Å². The van der Waals surface area contributed by atoms with Gasteiger partial charge >= 0.3 is 5.97 Å². The number of hydrogen-bond acceptors (Lipinski definition) is 3. The number of aliphatic carboxylic acids is 1. The van der Waals surface area contributed by atoms with E-state index in [1.54, 1.807) is 13.0 Å². The van der Waals surface area contributed by atoms with Crippen molar-refractivity contribution >= 4 is 11.9 Å². The summed E-state index contributed by atoms with van der Waals surface area (Å²) in [6.07, 6.45) is -0.104. The van der Waals surface area contributed by atoms with Crippen LogP contribution < -0.4 is 10.1 Å². The first-order valence-corrected chi connectivity index (χ1v) is 6.60. The molecule has 1 aliphatic heterocycles. The van der Waals surface area contributed by atoms with Gasteiger partial charge in [-0.15, -0.1) is 0 Å². The highest BCUT2D eigenvalue weighted by Gasteiger charge is 2.34. The third-order valence-corrected chi connectivity index (χ3v) is 3.42. The van der Waals surface area contributed by atoms with Crippen LogP contribution in [0.3, 0.4) is 0 Å². The average Bonchev–Trinajstić information content (AvgIpc) is 2.64. The van der Waals surface area contributed by atoms with E-state index in [1.165, 1.54) is 0 Å². The zero-order valence-electron chi connectivity index (χ0n) is 11.9. The van der Waals surface area contributed by atoms with E-state index in [9.17, 15) is 9.59 Å². The molecule has 5 heteroatoms. The van der Waals surface area contributed by atoms with E-state index in [2.05, 4.69) is 19.2 Å². The lowest BCUT2D eigenvalue weighted by Gasteiger charge is -2.16. The van der Waals surface area contributed by atoms with E-state index < -0.39 is 12.0 Å². The highest BCUT2D eigenvalue weighted by molar-refractivity contribution is 5.98. The molecule has 0 bridgehead atoms. The summed E-state index contributed by atoms with van der Waals surface area (Å²) in [5.74, 6) is -0.626. The molecule has 0 saturated heterocycles. The number of carboxylic acids is 1. The number of benzene rings is 1. The quantitative estimate of drug-likeness (QED) is 0.882. The molecule has 1 aromatic rings. The Morgan fingerprint density at radius 2 is 2.15 bits per heavy atom. The molecular weight excluding hydrogens is 258 g/mol. The number of para-hydroxylation sites is 1. The lowest BCUT2D eigenvalue weighted by Crippen LogP contribution is -2.34. The molecule has 1 atom stereocenters. The summed E-state index contributed by atoms with van der Waals surface area (Å²) in [5.41, 5.74) is 1.36. The molecule has 0 aromatic heterocycles. The fourth-order valence-electron chi connectivity index (χ4n) is 2.35. The zero-order valence-corrected chi connectivity index (χ0v) is 11.9. The molecule has 1 aromatic carbocycles. The molecule has 0 spiro atoms. The maximum absolute atomic E-state index is 12.2. The summed E-state index contributed by atoms with van der Waals surface area (Å²) >= 11 is 0. The van der Waals surface area contributed by atoms with Gasteiger partial charge in [0, 0.05) is 17.0 Å². The van der Waals surface area contributed by atoms with Crippen LogP contribution in [0.2, 0.25) is 0 Å². The molecule has 1 heterocycles. The van der Waals surface area contributed by atoms with Gasteiger partial charge in [0.1, 0.15) is 5.75 Å². The maximum Gasteiger partial charge on any atom is 0.305 e. The Kier molecular flexibility index (Phi) is 3.70. The number of ether oxygens (including phenoxy) is 1. The van der Waals surface area contributed by atoms with Crippen molar-refractivity contribution < 1.29 is 19.4 Å². The van der Waals surface area contributed by atoms with Gasteiger partial charge in [-0.1, -0.05) is 26.0 Å². The lowest BCUT2D eigenvalue weighted by molar-refractivity contribution is -0.137. The molecule has 1 aliphatic rings. The van der Waals surface area contributed by atoms with Gasteiger partial charge in [-0.05, 0) is 13.0 Å². The number of carbonyl (C=O) groups is 2. The van der Waals surface area contributed by atoms with Gasteiger partial charge in [-0.25, -0.2) is 0 Å². The van der Waals surface area contributed by atoms with E-state index in [1.807, 2.05) is 12.1 Å². The average molecular weight is 277 g/mol. The first kappa shape index (κ1) is 14.4. The molecule has 108 valence electrons. The van der Waals surface area contributed by atoms with Crippen molar-refractivity contribution in [3.05, 3.63) is 29.3 Å².